The molecule has 0 bridgehead atoms. The number of benzene rings is 1. The molecule has 0 N–H and O–H groups in total. The van der Waals surface area contributed by atoms with E-state index in [1.54, 1.807) is 14.0 Å². The smallest absolute Gasteiger partial charge is 0.227 e. The first-order valence-electron chi connectivity index (χ1n) is 10.0. The van der Waals surface area contributed by atoms with E-state index in [1.807, 2.05) is 40.3 Å². The molecule has 0 radical (unpaired) electrons. The van der Waals surface area contributed by atoms with Crippen LogP contribution in [-0.2, 0) is 29.0 Å². The molecule has 1 atom stereocenters. The Bertz CT molecular complexity index is 930. The second-order valence-electron chi connectivity index (χ2n) is 7.74. The van der Waals surface area contributed by atoms with Crippen LogP contribution in [0, 0.1) is 0 Å². The summed E-state index contributed by atoms with van der Waals surface area (Å²) in [5, 5.41) is 0. The fraction of sp³-hybridized carbons (Fsp3) is 0.455. The zero-order valence-electron chi connectivity index (χ0n) is 16.9. The molecule has 1 unspecified atom stereocenters. The van der Waals surface area contributed by atoms with E-state index in [0.29, 0.717) is 26.1 Å². The van der Waals surface area contributed by atoms with Gasteiger partial charge >= 0.3 is 0 Å². The molecule has 0 aliphatic carbocycles. The summed E-state index contributed by atoms with van der Waals surface area (Å²) >= 11 is 0. The zero-order valence-corrected chi connectivity index (χ0v) is 16.9. The number of rotatable bonds is 4. The number of hydrogen-bond acceptors (Lipinski definition) is 5. The molecule has 7 heteroatoms. The summed E-state index contributed by atoms with van der Waals surface area (Å²) in [6, 6.07) is 7.62. The predicted octanol–water partition coefficient (Wildman–Crippen LogP) is 1.95. The summed E-state index contributed by atoms with van der Waals surface area (Å²) in [4.78, 5) is 37.4. The Morgan fingerprint density at radius 3 is 2.86 bits per heavy atom. The monoisotopic (exact) mass is 394 g/mol. The molecule has 152 valence electrons. The predicted molar refractivity (Wildman–Crippen MR) is 107 cm³/mol. The number of amides is 2. The van der Waals surface area contributed by atoms with Gasteiger partial charge in [0.15, 0.2) is 0 Å². The minimum atomic E-state index is 0.0980. The van der Waals surface area contributed by atoms with E-state index in [2.05, 4.69) is 4.98 Å². The van der Waals surface area contributed by atoms with E-state index in [4.69, 9.17) is 9.72 Å². The van der Waals surface area contributed by atoms with Crippen molar-refractivity contribution in [3.05, 3.63) is 53.1 Å². The largest absolute Gasteiger partial charge is 0.497 e. The minimum absolute atomic E-state index is 0.0980. The topological polar surface area (TPSA) is 75.6 Å². The van der Waals surface area contributed by atoms with Gasteiger partial charge in [0, 0.05) is 57.2 Å². The molecule has 1 fully saturated rings. The highest BCUT2D eigenvalue weighted by molar-refractivity contribution is 5.79. The maximum Gasteiger partial charge on any atom is 0.227 e. The van der Waals surface area contributed by atoms with Crippen LogP contribution in [0.2, 0.25) is 0 Å². The minimum Gasteiger partial charge on any atom is -0.497 e. The first-order chi connectivity index (χ1) is 14.0. The molecule has 3 heterocycles. The summed E-state index contributed by atoms with van der Waals surface area (Å²) in [7, 11) is 1.62. The molecule has 29 heavy (non-hydrogen) atoms. The highest BCUT2D eigenvalue weighted by atomic mass is 16.5. The van der Waals surface area contributed by atoms with Gasteiger partial charge in [0.05, 0.1) is 19.2 Å². The van der Waals surface area contributed by atoms with Crippen molar-refractivity contribution in [3.8, 4) is 5.75 Å². The van der Waals surface area contributed by atoms with Gasteiger partial charge in [-0.25, -0.2) is 9.97 Å². The summed E-state index contributed by atoms with van der Waals surface area (Å²) in [6.45, 7) is 4.28. The van der Waals surface area contributed by atoms with Gasteiger partial charge in [-0.15, -0.1) is 0 Å². The van der Waals surface area contributed by atoms with Gasteiger partial charge < -0.3 is 14.5 Å². The number of nitrogens with zero attached hydrogens (tertiary/aromatic N) is 4. The standard InChI is InChI=1S/C22H26N4O3/c1-15(27)25-8-6-17(13-25)22-23-12-18-14-26(9-7-20(18)24-22)21(28)11-16-4-3-5-19(10-16)29-2/h3-5,10,12,17H,6-9,11,13-14H2,1-2H3. The summed E-state index contributed by atoms with van der Waals surface area (Å²) in [5.41, 5.74) is 2.99. The molecule has 0 saturated carbocycles. The highest BCUT2D eigenvalue weighted by Crippen LogP contribution is 2.26. The number of carbonyl (C=O) groups is 2. The van der Waals surface area contributed by atoms with Crippen LogP contribution < -0.4 is 4.74 Å². The van der Waals surface area contributed by atoms with Crippen molar-refractivity contribution in [2.24, 2.45) is 0 Å². The van der Waals surface area contributed by atoms with Gasteiger partial charge in [-0.05, 0) is 24.1 Å². The number of aromatic nitrogens is 2. The number of fused-ring (bicyclic) bond motifs is 1. The van der Waals surface area contributed by atoms with E-state index in [0.717, 1.165) is 47.8 Å². The van der Waals surface area contributed by atoms with Crippen LogP contribution in [0.1, 0.15) is 41.9 Å². The molecule has 7 nitrogen and oxygen atoms in total. The van der Waals surface area contributed by atoms with Gasteiger partial charge in [-0.1, -0.05) is 12.1 Å². The number of carbonyl (C=O) groups excluding carboxylic acids is 2. The lowest BCUT2D eigenvalue weighted by Gasteiger charge is -2.28. The fourth-order valence-corrected chi connectivity index (χ4v) is 4.07. The lowest BCUT2D eigenvalue weighted by atomic mass is 10.0. The summed E-state index contributed by atoms with van der Waals surface area (Å²) in [5.74, 6) is 1.99. The van der Waals surface area contributed by atoms with Gasteiger partial charge in [0.1, 0.15) is 11.6 Å². The van der Waals surface area contributed by atoms with Gasteiger partial charge in [0.2, 0.25) is 11.8 Å². The van der Waals surface area contributed by atoms with E-state index in [-0.39, 0.29) is 17.7 Å². The number of hydrogen-bond donors (Lipinski definition) is 0. The molecule has 1 aromatic carbocycles. The van der Waals surface area contributed by atoms with Crippen molar-refractivity contribution in [3.63, 3.8) is 0 Å². The normalized spacial score (nSPS) is 18.5. The number of likely N-dealkylation sites (tertiary alicyclic amines) is 1. The lowest BCUT2D eigenvalue weighted by molar-refractivity contribution is -0.131. The Kier molecular flexibility index (Phi) is 5.47. The van der Waals surface area contributed by atoms with Crippen molar-refractivity contribution in [1.29, 1.82) is 0 Å². The maximum atomic E-state index is 12.8. The molecule has 0 spiro atoms. The van der Waals surface area contributed by atoms with Crippen LogP contribution in [0.25, 0.3) is 0 Å². The number of methoxy groups -OCH3 is 1. The Morgan fingerprint density at radius 2 is 2.10 bits per heavy atom. The van der Waals surface area contributed by atoms with E-state index < -0.39 is 0 Å². The van der Waals surface area contributed by atoms with Crippen LogP contribution in [0.15, 0.2) is 30.5 Å². The summed E-state index contributed by atoms with van der Waals surface area (Å²) in [6.07, 6.45) is 3.86. The zero-order chi connectivity index (χ0) is 20.4. The molecule has 2 aromatic rings. The van der Waals surface area contributed by atoms with Gasteiger partial charge in [-0.2, -0.15) is 0 Å². The second-order valence-corrected chi connectivity index (χ2v) is 7.74. The Morgan fingerprint density at radius 1 is 1.24 bits per heavy atom. The van der Waals surface area contributed by atoms with Crippen LogP contribution in [0.5, 0.6) is 5.75 Å². The van der Waals surface area contributed by atoms with Crippen molar-refractivity contribution >= 4 is 11.8 Å². The summed E-state index contributed by atoms with van der Waals surface area (Å²) < 4.78 is 5.24. The van der Waals surface area contributed by atoms with Gasteiger partial charge in [0.25, 0.3) is 0 Å². The maximum absolute atomic E-state index is 12.8. The molecule has 1 saturated heterocycles. The van der Waals surface area contributed by atoms with E-state index >= 15 is 0 Å². The molecule has 4 rings (SSSR count). The molecular weight excluding hydrogens is 368 g/mol. The third kappa shape index (κ3) is 4.23. The third-order valence-corrected chi connectivity index (χ3v) is 5.79. The highest BCUT2D eigenvalue weighted by Gasteiger charge is 2.29. The average molecular weight is 394 g/mol. The van der Waals surface area contributed by atoms with Gasteiger partial charge in [-0.3, -0.25) is 9.59 Å². The van der Waals surface area contributed by atoms with Crippen molar-refractivity contribution in [2.75, 3.05) is 26.7 Å². The molecular formula is C22H26N4O3. The molecule has 2 amide bonds. The van der Waals surface area contributed by atoms with Crippen LogP contribution in [-0.4, -0.2) is 58.3 Å². The Hall–Kier alpha value is -2.96. The number of ether oxygens (including phenoxy) is 1. The third-order valence-electron chi connectivity index (χ3n) is 5.79. The fourth-order valence-electron chi connectivity index (χ4n) is 4.07. The van der Waals surface area contributed by atoms with Crippen molar-refractivity contribution < 1.29 is 14.3 Å². The molecule has 2 aliphatic heterocycles. The Labute approximate surface area is 170 Å². The molecule has 2 aliphatic rings. The first-order valence-corrected chi connectivity index (χ1v) is 10.0. The van der Waals surface area contributed by atoms with E-state index in [9.17, 15) is 9.59 Å². The second kappa shape index (κ2) is 8.19. The molecule has 1 aromatic heterocycles. The van der Waals surface area contributed by atoms with Crippen LogP contribution in [0.3, 0.4) is 0 Å². The van der Waals surface area contributed by atoms with Crippen LogP contribution >= 0.6 is 0 Å². The van der Waals surface area contributed by atoms with E-state index in [1.165, 1.54) is 0 Å². The first kappa shape index (κ1) is 19.4. The van der Waals surface area contributed by atoms with Crippen molar-refractivity contribution in [2.45, 2.75) is 38.6 Å². The lowest BCUT2D eigenvalue weighted by Crippen LogP contribution is -2.37. The Balaban J connectivity index is 1.41. The quantitative estimate of drug-likeness (QED) is 0.792. The SMILES string of the molecule is COc1cccc(CC(=O)N2CCc3nc(C4CCN(C(C)=O)C4)ncc3C2)c1. The average Bonchev–Trinajstić information content (AvgIpc) is 3.24. The van der Waals surface area contributed by atoms with Crippen molar-refractivity contribution in [1.82, 2.24) is 19.8 Å². The van der Waals surface area contributed by atoms with Crippen LogP contribution in [0.4, 0.5) is 0 Å².